The Kier molecular flexibility index (Phi) is 4.91. The Morgan fingerprint density at radius 2 is 1.71 bits per heavy atom. The van der Waals surface area contributed by atoms with E-state index in [1.165, 1.54) is 0 Å². The molecule has 0 aromatic heterocycles. The average Bonchev–Trinajstić information content (AvgIpc) is 2.19. The minimum atomic E-state index is -0.183. The molecule has 2 N–H and O–H groups in total. The summed E-state index contributed by atoms with van der Waals surface area (Å²) in [5.41, 5.74) is 3.08. The average molecular weight is 242 g/mol. The molecule has 5 nitrogen and oxygen atoms in total. The van der Waals surface area contributed by atoms with Gasteiger partial charge < -0.3 is 10.2 Å². The van der Waals surface area contributed by atoms with Crippen LogP contribution in [0.3, 0.4) is 0 Å². The number of amides is 1. The van der Waals surface area contributed by atoms with Crippen LogP contribution in [0.25, 0.3) is 0 Å². The Labute approximate surface area is 104 Å². The van der Waals surface area contributed by atoms with Gasteiger partial charge in [-0.15, -0.1) is 0 Å². The van der Waals surface area contributed by atoms with Gasteiger partial charge in [0.1, 0.15) is 0 Å². The van der Waals surface area contributed by atoms with E-state index < -0.39 is 0 Å². The first-order valence-electron chi connectivity index (χ1n) is 6.29. The first kappa shape index (κ1) is 14.4. The lowest BCUT2D eigenvalue weighted by Gasteiger charge is -2.34. The van der Waals surface area contributed by atoms with Gasteiger partial charge in [-0.1, -0.05) is 0 Å². The number of piperazine rings is 1. The summed E-state index contributed by atoms with van der Waals surface area (Å²) in [4.78, 5) is 14.2. The van der Waals surface area contributed by atoms with Crippen LogP contribution in [0.1, 0.15) is 27.7 Å². The zero-order valence-electron chi connectivity index (χ0n) is 11.7. The van der Waals surface area contributed by atoms with Crippen LogP contribution < -0.4 is 10.7 Å². The van der Waals surface area contributed by atoms with Crippen LogP contribution in [0.4, 0.5) is 0 Å². The quantitative estimate of drug-likeness (QED) is 0.734. The minimum absolute atomic E-state index is 0.0522. The Bertz CT molecular complexity index is 254. The van der Waals surface area contributed by atoms with E-state index in [1.54, 1.807) is 0 Å². The standard InChI is InChI=1S/C12H26N4O/c1-10(11(17)13-12(2,3)4)14-16-8-6-15(5)7-9-16/h10,14H,6-9H2,1-5H3,(H,13,17). The molecular weight excluding hydrogens is 216 g/mol. The van der Waals surface area contributed by atoms with Gasteiger partial charge in [0.2, 0.25) is 5.91 Å². The second-order valence-electron chi connectivity index (χ2n) is 5.88. The monoisotopic (exact) mass is 242 g/mol. The van der Waals surface area contributed by atoms with Crippen molar-refractivity contribution in [1.29, 1.82) is 0 Å². The second kappa shape index (κ2) is 5.80. The molecule has 1 atom stereocenters. The predicted molar refractivity (Wildman–Crippen MR) is 69.6 cm³/mol. The molecule has 0 aromatic carbocycles. The number of nitrogens with one attached hydrogen (secondary N) is 2. The molecule has 0 aromatic rings. The summed E-state index contributed by atoms with van der Waals surface area (Å²) in [5, 5.41) is 5.11. The highest BCUT2D eigenvalue weighted by Gasteiger charge is 2.22. The van der Waals surface area contributed by atoms with Gasteiger partial charge in [0, 0.05) is 31.7 Å². The molecule has 17 heavy (non-hydrogen) atoms. The molecule has 1 rings (SSSR count). The number of carbonyl (C=O) groups is 1. The molecule has 5 heteroatoms. The molecule has 0 radical (unpaired) electrons. The summed E-state index contributed by atoms with van der Waals surface area (Å²) < 4.78 is 0. The molecule has 100 valence electrons. The van der Waals surface area contributed by atoms with Crippen molar-refractivity contribution in [2.24, 2.45) is 0 Å². The summed E-state index contributed by atoms with van der Waals surface area (Å²) in [6.07, 6.45) is 0. The van der Waals surface area contributed by atoms with E-state index in [2.05, 4.69) is 27.7 Å². The number of rotatable bonds is 3. The number of nitrogens with zero attached hydrogens (tertiary/aromatic N) is 2. The largest absolute Gasteiger partial charge is 0.350 e. The van der Waals surface area contributed by atoms with Gasteiger partial charge in [-0.3, -0.25) is 4.79 Å². The number of hydrogen-bond donors (Lipinski definition) is 2. The summed E-state index contributed by atoms with van der Waals surface area (Å²) in [5.74, 6) is 0.0522. The van der Waals surface area contributed by atoms with Crippen LogP contribution in [0.2, 0.25) is 0 Å². The van der Waals surface area contributed by atoms with Crippen molar-refractivity contribution in [3.63, 3.8) is 0 Å². The molecule has 0 spiro atoms. The summed E-state index contributed by atoms with van der Waals surface area (Å²) in [6.45, 7) is 11.9. The Balaban J connectivity index is 2.33. The first-order valence-corrected chi connectivity index (χ1v) is 6.29. The van der Waals surface area contributed by atoms with Crippen LogP contribution >= 0.6 is 0 Å². The third-order valence-corrected chi connectivity index (χ3v) is 2.77. The lowest BCUT2D eigenvalue weighted by molar-refractivity contribution is -0.125. The van der Waals surface area contributed by atoms with Gasteiger partial charge in [-0.2, -0.15) is 0 Å². The van der Waals surface area contributed by atoms with Crippen molar-refractivity contribution in [2.75, 3.05) is 33.2 Å². The molecule has 1 heterocycles. The second-order valence-corrected chi connectivity index (χ2v) is 5.88. The van der Waals surface area contributed by atoms with Gasteiger partial charge in [0.25, 0.3) is 0 Å². The number of likely N-dealkylation sites (N-methyl/N-ethyl adjacent to an activating group) is 1. The summed E-state index contributed by atoms with van der Waals surface area (Å²) in [7, 11) is 2.12. The first-order chi connectivity index (χ1) is 7.78. The number of hydrogen-bond acceptors (Lipinski definition) is 4. The highest BCUT2D eigenvalue weighted by Crippen LogP contribution is 2.01. The molecule has 1 unspecified atom stereocenters. The van der Waals surface area contributed by atoms with Crippen LogP contribution in [-0.2, 0) is 4.79 Å². The van der Waals surface area contributed by atoms with Gasteiger partial charge in [0.05, 0.1) is 6.04 Å². The van der Waals surface area contributed by atoms with Crippen LogP contribution in [0, 0.1) is 0 Å². The maximum absolute atomic E-state index is 11.9. The van der Waals surface area contributed by atoms with E-state index in [1.807, 2.05) is 27.7 Å². The maximum Gasteiger partial charge on any atom is 0.238 e. The molecule has 0 saturated carbocycles. The predicted octanol–water partition coefficient (Wildman–Crippen LogP) is 0.0416. The van der Waals surface area contributed by atoms with Crippen LogP contribution in [-0.4, -0.2) is 60.6 Å². The van der Waals surface area contributed by atoms with Crippen molar-refractivity contribution in [1.82, 2.24) is 20.7 Å². The highest BCUT2D eigenvalue weighted by molar-refractivity contribution is 5.81. The van der Waals surface area contributed by atoms with E-state index in [4.69, 9.17) is 0 Å². The van der Waals surface area contributed by atoms with E-state index in [0.29, 0.717) is 0 Å². The van der Waals surface area contributed by atoms with Crippen LogP contribution in [0.15, 0.2) is 0 Å². The van der Waals surface area contributed by atoms with Crippen molar-refractivity contribution in [3.8, 4) is 0 Å². The van der Waals surface area contributed by atoms with E-state index in [-0.39, 0.29) is 17.5 Å². The third kappa shape index (κ3) is 5.48. The molecule has 1 fully saturated rings. The van der Waals surface area contributed by atoms with Gasteiger partial charge in [0.15, 0.2) is 0 Å². The zero-order valence-corrected chi connectivity index (χ0v) is 11.7. The van der Waals surface area contributed by atoms with E-state index in [0.717, 1.165) is 26.2 Å². The minimum Gasteiger partial charge on any atom is -0.350 e. The molecule has 0 aliphatic carbocycles. The molecule has 1 aliphatic rings. The van der Waals surface area contributed by atoms with Gasteiger partial charge in [-0.25, -0.2) is 10.4 Å². The molecule has 1 saturated heterocycles. The van der Waals surface area contributed by atoms with Crippen molar-refractivity contribution in [3.05, 3.63) is 0 Å². The SMILES string of the molecule is CC(NN1CCN(C)CC1)C(=O)NC(C)(C)C. The number of carbonyl (C=O) groups excluding carboxylic acids is 1. The maximum atomic E-state index is 11.9. The summed E-state index contributed by atoms with van der Waals surface area (Å²) >= 11 is 0. The number of hydrazine groups is 1. The van der Waals surface area contributed by atoms with Gasteiger partial charge in [-0.05, 0) is 34.7 Å². The van der Waals surface area contributed by atoms with Crippen molar-refractivity contribution in [2.45, 2.75) is 39.3 Å². The highest BCUT2D eigenvalue weighted by atomic mass is 16.2. The Morgan fingerprint density at radius 3 is 2.18 bits per heavy atom. The fourth-order valence-electron chi connectivity index (χ4n) is 1.75. The Morgan fingerprint density at radius 1 is 1.18 bits per heavy atom. The molecule has 1 amide bonds. The zero-order chi connectivity index (χ0) is 13.1. The molecule has 1 aliphatic heterocycles. The van der Waals surface area contributed by atoms with E-state index in [9.17, 15) is 4.79 Å². The molecular formula is C12H26N4O. The normalized spacial score (nSPS) is 21.2. The lowest BCUT2D eigenvalue weighted by Crippen LogP contribution is -2.58. The fourth-order valence-corrected chi connectivity index (χ4v) is 1.75. The fraction of sp³-hybridized carbons (Fsp3) is 0.917. The van der Waals surface area contributed by atoms with Crippen molar-refractivity contribution < 1.29 is 4.79 Å². The lowest BCUT2D eigenvalue weighted by atomic mass is 10.1. The Hall–Kier alpha value is -0.650. The van der Waals surface area contributed by atoms with Crippen LogP contribution in [0.5, 0.6) is 0 Å². The van der Waals surface area contributed by atoms with E-state index >= 15 is 0 Å². The van der Waals surface area contributed by atoms with Crippen molar-refractivity contribution >= 4 is 5.91 Å². The molecule has 0 bridgehead atoms. The van der Waals surface area contributed by atoms with Gasteiger partial charge >= 0.3 is 0 Å². The summed E-state index contributed by atoms with van der Waals surface area (Å²) in [6, 6.07) is -0.183. The third-order valence-electron chi connectivity index (χ3n) is 2.77. The topological polar surface area (TPSA) is 47.6 Å². The smallest absolute Gasteiger partial charge is 0.238 e.